The lowest BCUT2D eigenvalue weighted by Gasteiger charge is -2.05. The lowest BCUT2D eigenvalue weighted by Crippen LogP contribution is -2.15. The van der Waals surface area contributed by atoms with E-state index in [-0.39, 0.29) is 6.04 Å². The first kappa shape index (κ1) is 12.2. The van der Waals surface area contributed by atoms with Gasteiger partial charge in [-0.25, -0.2) is 0 Å². The molecule has 0 amide bonds. The van der Waals surface area contributed by atoms with Gasteiger partial charge in [0.2, 0.25) is 0 Å². The first-order valence-electron chi connectivity index (χ1n) is 6.48. The van der Waals surface area contributed by atoms with Gasteiger partial charge >= 0.3 is 0 Å². The summed E-state index contributed by atoms with van der Waals surface area (Å²) in [5.41, 5.74) is 11.3. The van der Waals surface area contributed by atoms with Crippen LogP contribution in [0.1, 0.15) is 37.1 Å². The number of nitrogens with one attached hydrogen (secondary N) is 1. The summed E-state index contributed by atoms with van der Waals surface area (Å²) in [4.78, 5) is 3.53. The molecule has 1 aromatic heterocycles. The van der Waals surface area contributed by atoms with Gasteiger partial charge in [-0.05, 0) is 44.2 Å². The zero-order valence-corrected chi connectivity index (χ0v) is 11.0. The number of rotatable bonds is 4. The Kier molecular flexibility index (Phi) is 3.53. The van der Waals surface area contributed by atoms with Crippen LogP contribution in [0, 0.1) is 6.92 Å². The number of aryl methyl sites for hydroxylation is 3. The Morgan fingerprint density at radius 3 is 2.76 bits per heavy atom. The maximum atomic E-state index is 5.85. The minimum atomic E-state index is 0.272. The van der Waals surface area contributed by atoms with Crippen molar-refractivity contribution in [3.8, 4) is 0 Å². The SMILES string of the molecule is CCc1cccc2c(CCC(C)N)c(C)[nH]c12. The van der Waals surface area contributed by atoms with Gasteiger partial charge in [0, 0.05) is 22.6 Å². The molecule has 2 heteroatoms. The molecule has 0 saturated heterocycles. The first-order valence-corrected chi connectivity index (χ1v) is 6.48. The Morgan fingerprint density at radius 1 is 1.35 bits per heavy atom. The van der Waals surface area contributed by atoms with E-state index in [0.717, 1.165) is 19.3 Å². The number of aromatic nitrogens is 1. The van der Waals surface area contributed by atoms with Gasteiger partial charge in [-0.2, -0.15) is 0 Å². The maximum Gasteiger partial charge on any atom is 0.0491 e. The third-order valence-corrected chi connectivity index (χ3v) is 3.47. The molecule has 3 N–H and O–H groups in total. The third-order valence-electron chi connectivity index (χ3n) is 3.47. The highest BCUT2D eigenvalue weighted by Crippen LogP contribution is 2.26. The Hall–Kier alpha value is -1.28. The second-order valence-electron chi connectivity index (χ2n) is 4.94. The highest BCUT2D eigenvalue weighted by atomic mass is 14.7. The summed E-state index contributed by atoms with van der Waals surface area (Å²) in [6.45, 7) is 6.43. The second-order valence-corrected chi connectivity index (χ2v) is 4.94. The first-order chi connectivity index (χ1) is 8.13. The van der Waals surface area contributed by atoms with Crippen LogP contribution in [-0.4, -0.2) is 11.0 Å². The molecule has 1 heterocycles. The average Bonchev–Trinajstić information content (AvgIpc) is 2.62. The van der Waals surface area contributed by atoms with Crippen molar-refractivity contribution in [3.05, 3.63) is 35.0 Å². The molecule has 0 aliphatic carbocycles. The van der Waals surface area contributed by atoms with Crippen LogP contribution in [0.3, 0.4) is 0 Å². The summed E-state index contributed by atoms with van der Waals surface area (Å²) < 4.78 is 0. The summed E-state index contributed by atoms with van der Waals surface area (Å²) in [5.74, 6) is 0. The minimum Gasteiger partial charge on any atom is -0.358 e. The topological polar surface area (TPSA) is 41.8 Å². The molecule has 2 aromatic rings. The highest BCUT2D eigenvalue weighted by Gasteiger charge is 2.10. The largest absolute Gasteiger partial charge is 0.358 e. The van der Waals surface area contributed by atoms with Crippen molar-refractivity contribution in [1.29, 1.82) is 0 Å². The van der Waals surface area contributed by atoms with E-state index in [2.05, 4.69) is 44.0 Å². The molecule has 0 aliphatic heterocycles. The fraction of sp³-hybridized carbons (Fsp3) is 0.467. The number of hydrogen-bond acceptors (Lipinski definition) is 1. The predicted octanol–water partition coefficient (Wildman–Crippen LogP) is 3.32. The van der Waals surface area contributed by atoms with Gasteiger partial charge < -0.3 is 10.7 Å². The summed E-state index contributed by atoms with van der Waals surface area (Å²) in [5, 5.41) is 1.38. The number of para-hydroxylation sites is 1. The van der Waals surface area contributed by atoms with Crippen LogP contribution in [0.2, 0.25) is 0 Å². The van der Waals surface area contributed by atoms with E-state index in [1.54, 1.807) is 0 Å². The summed E-state index contributed by atoms with van der Waals surface area (Å²) in [6.07, 6.45) is 3.19. The Morgan fingerprint density at radius 2 is 2.12 bits per heavy atom. The molecule has 2 rings (SSSR count). The van der Waals surface area contributed by atoms with Gasteiger partial charge in [0.1, 0.15) is 0 Å². The number of hydrogen-bond donors (Lipinski definition) is 2. The fourth-order valence-electron chi connectivity index (χ4n) is 2.45. The number of aromatic amines is 1. The quantitative estimate of drug-likeness (QED) is 0.831. The molecule has 1 unspecified atom stereocenters. The molecule has 0 spiro atoms. The summed E-state index contributed by atoms with van der Waals surface area (Å²) in [7, 11) is 0. The minimum absolute atomic E-state index is 0.272. The predicted molar refractivity (Wildman–Crippen MR) is 74.4 cm³/mol. The molecular weight excluding hydrogens is 208 g/mol. The molecule has 0 saturated carbocycles. The lowest BCUT2D eigenvalue weighted by molar-refractivity contribution is 0.666. The van der Waals surface area contributed by atoms with Crippen molar-refractivity contribution in [3.63, 3.8) is 0 Å². The second kappa shape index (κ2) is 4.92. The number of nitrogens with two attached hydrogens (primary N) is 1. The van der Waals surface area contributed by atoms with Crippen molar-refractivity contribution >= 4 is 10.9 Å². The van der Waals surface area contributed by atoms with E-state index in [1.165, 1.54) is 27.7 Å². The van der Waals surface area contributed by atoms with Gasteiger partial charge in [-0.15, -0.1) is 0 Å². The Balaban J connectivity index is 2.45. The molecule has 17 heavy (non-hydrogen) atoms. The fourth-order valence-corrected chi connectivity index (χ4v) is 2.45. The van der Waals surface area contributed by atoms with Crippen LogP contribution >= 0.6 is 0 Å². The highest BCUT2D eigenvalue weighted by molar-refractivity contribution is 5.87. The van der Waals surface area contributed by atoms with E-state index in [0.29, 0.717) is 0 Å². The summed E-state index contributed by atoms with van der Waals surface area (Å²) in [6, 6.07) is 6.85. The van der Waals surface area contributed by atoms with E-state index in [1.807, 2.05) is 0 Å². The lowest BCUT2D eigenvalue weighted by atomic mass is 10.0. The Labute approximate surface area is 103 Å². The van der Waals surface area contributed by atoms with Gasteiger partial charge in [0.25, 0.3) is 0 Å². The van der Waals surface area contributed by atoms with Crippen molar-refractivity contribution in [2.75, 3.05) is 0 Å². The van der Waals surface area contributed by atoms with Crippen LogP contribution < -0.4 is 5.73 Å². The molecule has 2 nitrogen and oxygen atoms in total. The van der Waals surface area contributed by atoms with Gasteiger partial charge in [-0.1, -0.05) is 25.1 Å². The van der Waals surface area contributed by atoms with Crippen LogP contribution in [0.25, 0.3) is 10.9 Å². The van der Waals surface area contributed by atoms with E-state index < -0.39 is 0 Å². The number of fused-ring (bicyclic) bond motifs is 1. The molecule has 1 aromatic carbocycles. The average molecular weight is 230 g/mol. The molecule has 92 valence electrons. The van der Waals surface area contributed by atoms with Gasteiger partial charge in [0.15, 0.2) is 0 Å². The van der Waals surface area contributed by atoms with Crippen molar-refractivity contribution in [1.82, 2.24) is 4.98 Å². The zero-order chi connectivity index (χ0) is 12.4. The van der Waals surface area contributed by atoms with Crippen LogP contribution in [0.15, 0.2) is 18.2 Å². The normalized spacial score (nSPS) is 13.2. The van der Waals surface area contributed by atoms with Crippen molar-refractivity contribution in [2.24, 2.45) is 5.73 Å². The van der Waals surface area contributed by atoms with Crippen LogP contribution in [0.5, 0.6) is 0 Å². The van der Waals surface area contributed by atoms with E-state index in [4.69, 9.17) is 5.73 Å². The summed E-state index contributed by atoms with van der Waals surface area (Å²) >= 11 is 0. The standard InChI is InChI=1S/C15H22N2/c1-4-12-6-5-7-14-13(9-8-10(2)16)11(3)17-15(12)14/h5-7,10,17H,4,8-9,16H2,1-3H3. The molecule has 0 aliphatic rings. The van der Waals surface area contributed by atoms with E-state index in [9.17, 15) is 0 Å². The van der Waals surface area contributed by atoms with Gasteiger partial charge in [0.05, 0.1) is 0 Å². The molecule has 0 fully saturated rings. The third kappa shape index (κ3) is 2.37. The molecule has 1 atom stereocenters. The molecule has 0 bridgehead atoms. The number of H-pyrrole nitrogens is 1. The Bertz CT molecular complexity index is 509. The van der Waals surface area contributed by atoms with Crippen LogP contribution in [-0.2, 0) is 12.8 Å². The van der Waals surface area contributed by atoms with Gasteiger partial charge in [-0.3, -0.25) is 0 Å². The monoisotopic (exact) mass is 230 g/mol. The zero-order valence-electron chi connectivity index (χ0n) is 11.0. The number of benzene rings is 1. The smallest absolute Gasteiger partial charge is 0.0491 e. The molecular formula is C15H22N2. The van der Waals surface area contributed by atoms with Crippen molar-refractivity contribution < 1.29 is 0 Å². The van der Waals surface area contributed by atoms with E-state index >= 15 is 0 Å². The maximum absolute atomic E-state index is 5.85. The molecule has 0 radical (unpaired) electrons. The van der Waals surface area contributed by atoms with Crippen molar-refractivity contribution in [2.45, 2.75) is 46.1 Å². The van der Waals surface area contributed by atoms with Crippen LogP contribution in [0.4, 0.5) is 0 Å².